The van der Waals surface area contributed by atoms with Crippen molar-refractivity contribution in [1.82, 2.24) is 0 Å². The lowest BCUT2D eigenvalue weighted by atomic mass is 10.1. The van der Waals surface area contributed by atoms with Crippen molar-refractivity contribution in [2.24, 2.45) is 0 Å². The van der Waals surface area contributed by atoms with Gasteiger partial charge in [-0.1, -0.05) is 79.7 Å². The summed E-state index contributed by atoms with van der Waals surface area (Å²) in [4.78, 5) is 0. The maximum atomic E-state index is 9.42. The van der Waals surface area contributed by atoms with Gasteiger partial charge < -0.3 is 5.11 Å². The van der Waals surface area contributed by atoms with E-state index in [1.807, 2.05) is 74.5 Å². The first-order chi connectivity index (χ1) is 9.17. The monoisotopic (exact) mass is 254 g/mol. The number of aryl methyl sites for hydroxylation is 1. The normalized spacial score (nSPS) is 11.1. The Morgan fingerprint density at radius 2 is 1.63 bits per heavy atom. The molecule has 19 heavy (non-hydrogen) atoms. The van der Waals surface area contributed by atoms with Crippen molar-refractivity contribution in [3.63, 3.8) is 0 Å². The maximum Gasteiger partial charge on any atom is 0.0787 e. The SMILES string of the molecule is C=Cc1ccccc1.CCC(O)c1ccc(C)cc1. The first-order valence-corrected chi connectivity index (χ1v) is 6.59. The molecule has 0 radical (unpaired) electrons. The molecule has 1 N–H and O–H groups in total. The van der Waals surface area contributed by atoms with Gasteiger partial charge in [-0.05, 0) is 24.5 Å². The number of benzene rings is 2. The second-order valence-electron chi connectivity index (χ2n) is 4.45. The minimum Gasteiger partial charge on any atom is -0.388 e. The molecule has 0 aromatic heterocycles. The van der Waals surface area contributed by atoms with Crippen LogP contribution in [0.2, 0.25) is 0 Å². The molecule has 0 spiro atoms. The van der Waals surface area contributed by atoms with E-state index in [4.69, 9.17) is 0 Å². The van der Waals surface area contributed by atoms with Crippen molar-refractivity contribution >= 4 is 6.08 Å². The Morgan fingerprint density at radius 1 is 1.05 bits per heavy atom. The maximum absolute atomic E-state index is 9.42. The topological polar surface area (TPSA) is 20.2 Å². The zero-order valence-corrected chi connectivity index (χ0v) is 11.7. The lowest BCUT2D eigenvalue weighted by Gasteiger charge is -2.07. The minimum atomic E-state index is -0.296. The zero-order chi connectivity index (χ0) is 14.1. The molecule has 0 aliphatic carbocycles. The van der Waals surface area contributed by atoms with E-state index in [1.165, 1.54) is 11.1 Å². The van der Waals surface area contributed by atoms with Gasteiger partial charge in [-0.3, -0.25) is 0 Å². The summed E-state index contributed by atoms with van der Waals surface area (Å²) in [6.45, 7) is 7.65. The van der Waals surface area contributed by atoms with Gasteiger partial charge in [-0.15, -0.1) is 0 Å². The Morgan fingerprint density at radius 3 is 2.05 bits per heavy atom. The molecule has 0 bridgehead atoms. The third kappa shape index (κ3) is 5.54. The van der Waals surface area contributed by atoms with Gasteiger partial charge in [0.25, 0.3) is 0 Å². The molecular weight excluding hydrogens is 232 g/mol. The molecule has 0 aliphatic rings. The van der Waals surface area contributed by atoms with E-state index in [2.05, 4.69) is 6.58 Å². The van der Waals surface area contributed by atoms with Gasteiger partial charge in [0.05, 0.1) is 6.10 Å². The largest absolute Gasteiger partial charge is 0.388 e. The summed E-state index contributed by atoms with van der Waals surface area (Å²) in [5, 5.41) is 9.42. The van der Waals surface area contributed by atoms with Crippen LogP contribution in [0.4, 0.5) is 0 Å². The van der Waals surface area contributed by atoms with E-state index in [1.54, 1.807) is 0 Å². The standard InChI is InChI=1S/C10H14O.C8H8/c1-3-10(11)9-6-4-8(2)5-7-9;1-2-8-6-4-3-5-7-8/h4-7,10-11H,3H2,1-2H3;2-7H,1H2. The predicted molar refractivity (Wildman–Crippen MR) is 83.0 cm³/mol. The molecule has 0 heterocycles. The van der Waals surface area contributed by atoms with Gasteiger partial charge in [0.1, 0.15) is 0 Å². The molecular formula is C18H22O. The van der Waals surface area contributed by atoms with E-state index in [0.717, 1.165) is 12.0 Å². The van der Waals surface area contributed by atoms with Crippen LogP contribution in [0, 0.1) is 6.92 Å². The van der Waals surface area contributed by atoms with Crippen molar-refractivity contribution < 1.29 is 5.11 Å². The molecule has 2 aromatic carbocycles. The smallest absolute Gasteiger partial charge is 0.0787 e. The Bertz CT molecular complexity index is 471. The molecule has 0 saturated carbocycles. The highest BCUT2D eigenvalue weighted by Gasteiger charge is 2.01. The molecule has 0 aliphatic heterocycles. The molecule has 100 valence electrons. The molecule has 0 fully saturated rings. The summed E-state index contributed by atoms with van der Waals surface area (Å²) in [5.41, 5.74) is 3.42. The lowest BCUT2D eigenvalue weighted by Crippen LogP contribution is -1.93. The van der Waals surface area contributed by atoms with Crippen LogP contribution in [0.25, 0.3) is 6.08 Å². The predicted octanol–water partition coefficient (Wildman–Crippen LogP) is 4.77. The third-order valence-electron chi connectivity index (χ3n) is 2.88. The van der Waals surface area contributed by atoms with Crippen LogP contribution >= 0.6 is 0 Å². The first kappa shape index (κ1) is 15.2. The van der Waals surface area contributed by atoms with E-state index in [0.29, 0.717) is 0 Å². The quantitative estimate of drug-likeness (QED) is 0.836. The van der Waals surface area contributed by atoms with E-state index < -0.39 is 0 Å². The number of hydrogen-bond acceptors (Lipinski definition) is 1. The van der Waals surface area contributed by atoms with Crippen LogP contribution in [-0.4, -0.2) is 5.11 Å². The summed E-state index contributed by atoms with van der Waals surface area (Å²) < 4.78 is 0. The fourth-order valence-electron chi connectivity index (χ4n) is 1.61. The van der Waals surface area contributed by atoms with Crippen LogP contribution in [0.1, 0.15) is 36.1 Å². The van der Waals surface area contributed by atoms with E-state index in [9.17, 15) is 5.11 Å². The molecule has 1 atom stereocenters. The van der Waals surface area contributed by atoms with Crippen molar-refractivity contribution in [2.45, 2.75) is 26.4 Å². The number of rotatable bonds is 3. The summed E-state index contributed by atoms with van der Waals surface area (Å²) in [6, 6.07) is 18.0. The number of aliphatic hydroxyl groups excluding tert-OH is 1. The number of hydrogen-bond donors (Lipinski definition) is 1. The van der Waals surface area contributed by atoms with Gasteiger partial charge in [0.2, 0.25) is 0 Å². The van der Waals surface area contributed by atoms with Crippen LogP contribution in [0.3, 0.4) is 0 Å². The van der Waals surface area contributed by atoms with E-state index >= 15 is 0 Å². The second-order valence-corrected chi connectivity index (χ2v) is 4.45. The van der Waals surface area contributed by atoms with Crippen LogP contribution < -0.4 is 0 Å². The molecule has 0 amide bonds. The summed E-state index contributed by atoms with van der Waals surface area (Å²) in [6.07, 6.45) is 2.32. The average Bonchev–Trinajstić information content (AvgIpc) is 2.48. The van der Waals surface area contributed by atoms with Crippen LogP contribution in [0.5, 0.6) is 0 Å². The highest BCUT2D eigenvalue weighted by Crippen LogP contribution is 2.15. The summed E-state index contributed by atoms with van der Waals surface area (Å²) >= 11 is 0. The van der Waals surface area contributed by atoms with Crippen molar-refractivity contribution in [1.29, 1.82) is 0 Å². The molecule has 1 unspecified atom stereocenters. The summed E-state index contributed by atoms with van der Waals surface area (Å²) in [5.74, 6) is 0. The van der Waals surface area contributed by atoms with Crippen LogP contribution in [0.15, 0.2) is 61.2 Å². The minimum absolute atomic E-state index is 0.296. The molecule has 2 rings (SSSR count). The lowest BCUT2D eigenvalue weighted by molar-refractivity contribution is 0.173. The highest BCUT2D eigenvalue weighted by atomic mass is 16.3. The fraction of sp³-hybridized carbons (Fsp3) is 0.222. The van der Waals surface area contributed by atoms with Crippen molar-refractivity contribution in [2.75, 3.05) is 0 Å². The Hall–Kier alpha value is -1.86. The molecule has 2 aromatic rings. The molecule has 1 heteroatoms. The van der Waals surface area contributed by atoms with Crippen molar-refractivity contribution in [3.8, 4) is 0 Å². The zero-order valence-electron chi connectivity index (χ0n) is 11.7. The van der Waals surface area contributed by atoms with E-state index in [-0.39, 0.29) is 6.10 Å². The molecule has 0 saturated heterocycles. The fourth-order valence-corrected chi connectivity index (χ4v) is 1.61. The van der Waals surface area contributed by atoms with Crippen LogP contribution in [-0.2, 0) is 0 Å². The van der Waals surface area contributed by atoms with Gasteiger partial charge in [-0.25, -0.2) is 0 Å². The van der Waals surface area contributed by atoms with Gasteiger partial charge in [-0.2, -0.15) is 0 Å². The number of aliphatic hydroxyl groups is 1. The Labute approximate surface area is 116 Å². The third-order valence-corrected chi connectivity index (χ3v) is 2.88. The van der Waals surface area contributed by atoms with Gasteiger partial charge in [0, 0.05) is 0 Å². The second kappa shape index (κ2) is 8.28. The van der Waals surface area contributed by atoms with Gasteiger partial charge >= 0.3 is 0 Å². The Balaban J connectivity index is 0.000000200. The van der Waals surface area contributed by atoms with Gasteiger partial charge in [0.15, 0.2) is 0 Å². The summed E-state index contributed by atoms with van der Waals surface area (Å²) in [7, 11) is 0. The molecule has 1 nitrogen and oxygen atoms in total. The first-order valence-electron chi connectivity index (χ1n) is 6.59. The Kier molecular flexibility index (Phi) is 6.62. The van der Waals surface area contributed by atoms with Crippen molar-refractivity contribution in [3.05, 3.63) is 77.9 Å². The average molecular weight is 254 g/mol. The highest BCUT2D eigenvalue weighted by molar-refractivity contribution is 5.45.